The van der Waals surface area contributed by atoms with E-state index in [0.717, 1.165) is 4.90 Å². The van der Waals surface area contributed by atoms with E-state index in [1.807, 2.05) is 0 Å². The number of amides is 3. The second kappa shape index (κ2) is 10.8. The van der Waals surface area contributed by atoms with Crippen molar-refractivity contribution < 1.29 is 28.2 Å². The normalized spacial score (nSPS) is 13.6. The van der Waals surface area contributed by atoms with Gasteiger partial charge in [0.2, 0.25) is 5.91 Å². The molecule has 0 spiro atoms. The molecule has 0 aliphatic carbocycles. The first-order valence-electron chi connectivity index (χ1n) is 10.4. The van der Waals surface area contributed by atoms with E-state index in [0.29, 0.717) is 37.6 Å². The molecule has 33 heavy (non-hydrogen) atoms. The number of nitrogens with one attached hydrogen (secondary N) is 1. The summed E-state index contributed by atoms with van der Waals surface area (Å²) in [4.78, 5) is 41.2. The maximum atomic E-state index is 13.5. The summed E-state index contributed by atoms with van der Waals surface area (Å²) in [7, 11) is 3.11. The Kier molecular flexibility index (Phi) is 7.92. The van der Waals surface area contributed by atoms with Crippen molar-refractivity contribution >= 4 is 34.7 Å². The van der Waals surface area contributed by atoms with E-state index >= 15 is 0 Å². The van der Waals surface area contributed by atoms with Crippen LogP contribution in [0.3, 0.4) is 0 Å². The highest BCUT2D eigenvalue weighted by Crippen LogP contribution is 2.35. The van der Waals surface area contributed by atoms with Gasteiger partial charge in [0.1, 0.15) is 11.5 Å². The van der Waals surface area contributed by atoms with Crippen molar-refractivity contribution in [3.05, 3.63) is 65.6 Å². The van der Waals surface area contributed by atoms with Crippen molar-refractivity contribution in [2.75, 3.05) is 50.7 Å². The number of benzene rings is 2. The Balaban J connectivity index is 2.09. The van der Waals surface area contributed by atoms with Crippen LogP contribution in [0.2, 0.25) is 0 Å². The van der Waals surface area contributed by atoms with E-state index in [1.165, 1.54) is 31.2 Å². The number of carbonyl (C=O) groups excluding carboxylic acids is 3. The third kappa shape index (κ3) is 5.44. The predicted molar refractivity (Wildman–Crippen MR) is 122 cm³/mol. The fourth-order valence-electron chi connectivity index (χ4n) is 3.56. The van der Waals surface area contributed by atoms with Crippen molar-refractivity contribution in [1.82, 2.24) is 4.90 Å². The van der Waals surface area contributed by atoms with Crippen LogP contribution in [0.25, 0.3) is 5.57 Å². The standard InChI is InChI=1S/C24H26FN3O5/c1-16(29)26-19-8-4-17(5-9-19)21-22(27(12-14-32-2)13-15-33-3)24(31)28(23(21)30)20-10-6-18(25)7-11-20/h4-11H,12-15H2,1-3H3,(H,26,29). The summed E-state index contributed by atoms with van der Waals surface area (Å²) in [6.07, 6.45) is 0. The molecular weight excluding hydrogens is 429 g/mol. The Labute approximate surface area is 191 Å². The number of methoxy groups -OCH3 is 2. The maximum Gasteiger partial charge on any atom is 0.282 e. The lowest BCUT2D eigenvalue weighted by atomic mass is 10.0. The molecule has 9 heteroatoms. The topological polar surface area (TPSA) is 88.2 Å². The SMILES string of the molecule is COCCN(CCOC)C1=C(c2ccc(NC(C)=O)cc2)C(=O)N(c2ccc(F)cc2)C1=O. The molecule has 1 N–H and O–H groups in total. The molecule has 0 unspecified atom stereocenters. The van der Waals surface area contributed by atoms with Crippen LogP contribution < -0.4 is 10.2 Å². The average molecular weight is 455 g/mol. The number of rotatable bonds is 10. The van der Waals surface area contributed by atoms with E-state index in [-0.39, 0.29) is 22.9 Å². The van der Waals surface area contributed by atoms with E-state index in [1.54, 1.807) is 43.4 Å². The lowest BCUT2D eigenvalue weighted by Crippen LogP contribution is -2.37. The molecule has 8 nitrogen and oxygen atoms in total. The molecular formula is C24H26FN3O5. The summed E-state index contributed by atoms with van der Waals surface area (Å²) in [5, 5.41) is 2.68. The Morgan fingerprint density at radius 3 is 2.03 bits per heavy atom. The van der Waals surface area contributed by atoms with Crippen LogP contribution in [0.5, 0.6) is 0 Å². The predicted octanol–water partition coefficient (Wildman–Crippen LogP) is 2.66. The molecule has 0 saturated carbocycles. The molecule has 0 atom stereocenters. The molecule has 1 aliphatic rings. The summed E-state index contributed by atoms with van der Waals surface area (Å²) >= 11 is 0. The van der Waals surface area contributed by atoms with Gasteiger partial charge in [-0.1, -0.05) is 12.1 Å². The van der Waals surface area contributed by atoms with Crippen molar-refractivity contribution in [3.8, 4) is 0 Å². The van der Waals surface area contributed by atoms with Crippen molar-refractivity contribution in [2.24, 2.45) is 0 Å². The van der Waals surface area contributed by atoms with Gasteiger partial charge in [0.25, 0.3) is 11.8 Å². The smallest absolute Gasteiger partial charge is 0.282 e. The van der Waals surface area contributed by atoms with Crippen LogP contribution in [0.1, 0.15) is 12.5 Å². The zero-order chi connectivity index (χ0) is 24.0. The first-order chi connectivity index (χ1) is 15.9. The van der Waals surface area contributed by atoms with Crippen molar-refractivity contribution in [3.63, 3.8) is 0 Å². The van der Waals surface area contributed by atoms with Gasteiger partial charge in [-0.2, -0.15) is 0 Å². The molecule has 0 aromatic heterocycles. The lowest BCUT2D eigenvalue weighted by Gasteiger charge is -2.25. The molecule has 2 aromatic carbocycles. The number of hydrogen-bond acceptors (Lipinski definition) is 6. The van der Waals surface area contributed by atoms with Gasteiger partial charge in [-0.25, -0.2) is 9.29 Å². The number of hydrogen-bond donors (Lipinski definition) is 1. The number of carbonyl (C=O) groups is 3. The summed E-state index contributed by atoms with van der Waals surface area (Å²) in [5.74, 6) is -1.72. The molecule has 0 bridgehead atoms. The minimum atomic E-state index is -0.520. The highest BCUT2D eigenvalue weighted by Gasteiger charge is 2.42. The fraction of sp³-hybridized carbons (Fsp3) is 0.292. The number of halogens is 1. The molecule has 3 rings (SSSR count). The second-order valence-electron chi connectivity index (χ2n) is 7.38. The van der Waals surface area contributed by atoms with E-state index < -0.39 is 17.6 Å². The van der Waals surface area contributed by atoms with Crippen LogP contribution >= 0.6 is 0 Å². The van der Waals surface area contributed by atoms with Gasteiger partial charge in [0.15, 0.2) is 0 Å². The van der Waals surface area contributed by atoms with E-state index in [9.17, 15) is 18.8 Å². The third-order valence-electron chi connectivity index (χ3n) is 5.09. The molecule has 0 radical (unpaired) electrons. The highest BCUT2D eigenvalue weighted by molar-refractivity contribution is 6.45. The zero-order valence-electron chi connectivity index (χ0n) is 18.8. The van der Waals surface area contributed by atoms with Crippen LogP contribution in [0.15, 0.2) is 54.2 Å². The minimum Gasteiger partial charge on any atom is -0.383 e. The molecule has 0 saturated heterocycles. The Morgan fingerprint density at radius 2 is 1.52 bits per heavy atom. The van der Waals surface area contributed by atoms with Crippen LogP contribution in [-0.2, 0) is 23.9 Å². The van der Waals surface area contributed by atoms with Gasteiger partial charge in [-0.15, -0.1) is 0 Å². The molecule has 0 fully saturated rings. The van der Waals surface area contributed by atoms with Gasteiger partial charge >= 0.3 is 0 Å². The van der Waals surface area contributed by atoms with Gasteiger partial charge in [-0.3, -0.25) is 14.4 Å². The Bertz CT molecular complexity index is 1040. The average Bonchev–Trinajstić information content (AvgIpc) is 3.05. The second-order valence-corrected chi connectivity index (χ2v) is 7.38. The molecule has 3 amide bonds. The summed E-state index contributed by atoms with van der Waals surface area (Å²) in [6, 6.07) is 11.8. The van der Waals surface area contributed by atoms with Crippen LogP contribution in [-0.4, -0.2) is 63.1 Å². The van der Waals surface area contributed by atoms with E-state index in [4.69, 9.17) is 9.47 Å². The molecule has 1 aliphatic heterocycles. The number of ether oxygens (including phenoxy) is 2. The quantitative estimate of drug-likeness (QED) is 0.555. The summed E-state index contributed by atoms with van der Waals surface area (Å²) in [5.41, 5.74) is 1.78. The van der Waals surface area contributed by atoms with Crippen LogP contribution in [0.4, 0.5) is 15.8 Å². The largest absolute Gasteiger partial charge is 0.383 e. The van der Waals surface area contributed by atoms with E-state index in [2.05, 4.69) is 5.32 Å². The maximum absolute atomic E-state index is 13.5. The Hall–Kier alpha value is -3.56. The fourth-order valence-corrected chi connectivity index (χ4v) is 3.56. The van der Waals surface area contributed by atoms with Crippen molar-refractivity contribution in [2.45, 2.75) is 6.92 Å². The van der Waals surface area contributed by atoms with Gasteiger partial charge in [0.05, 0.1) is 24.5 Å². The number of anilines is 2. The minimum absolute atomic E-state index is 0.214. The summed E-state index contributed by atoms with van der Waals surface area (Å²) in [6.45, 7) is 2.79. The monoisotopic (exact) mass is 455 g/mol. The first-order valence-corrected chi connectivity index (χ1v) is 10.4. The first kappa shape index (κ1) is 24.1. The third-order valence-corrected chi connectivity index (χ3v) is 5.09. The van der Waals surface area contributed by atoms with Crippen molar-refractivity contribution in [1.29, 1.82) is 0 Å². The highest BCUT2D eigenvalue weighted by atomic mass is 19.1. The Morgan fingerprint density at radius 1 is 0.939 bits per heavy atom. The number of nitrogens with zero attached hydrogens (tertiary/aromatic N) is 2. The zero-order valence-corrected chi connectivity index (χ0v) is 18.8. The number of imide groups is 1. The molecule has 2 aromatic rings. The molecule has 1 heterocycles. The van der Waals surface area contributed by atoms with Gasteiger partial charge in [-0.05, 0) is 42.0 Å². The summed E-state index contributed by atoms with van der Waals surface area (Å²) < 4.78 is 23.8. The lowest BCUT2D eigenvalue weighted by molar-refractivity contribution is -0.121. The molecule has 174 valence electrons. The van der Waals surface area contributed by atoms with Gasteiger partial charge < -0.3 is 19.7 Å². The van der Waals surface area contributed by atoms with Gasteiger partial charge in [0, 0.05) is 39.9 Å². The van der Waals surface area contributed by atoms with Crippen LogP contribution in [0, 0.1) is 5.82 Å².